The van der Waals surface area contributed by atoms with Crippen LogP contribution in [-0.4, -0.2) is 24.1 Å². The number of anilines is 1. The van der Waals surface area contributed by atoms with Crippen molar-refractivity contribution in [1.29, 1.82) is 0 Å². The number of carboxylic acid groups (broad SMARTS) is 1. The first-order chi connectivity index (χ1) is 12.0. The summed E-state index contributed by atoms with van der Waals surface area (Å²) >= 11 is 0. The Bertz CT molecular complexity index is 830. The Hall–Kier alpha value is -2.82. The topological polar surface area (TPSA) is 75.6 Å². The van der Waals surface area contributed by atoms with Gasteiger partial charge in [-0.25, -0.2) is 4.79 Å². The Morgan fingerprint density at radius 2 is 1.96 bits per heavy atom. The third-order valence-corrected chi connectivity index (χ3v) is 4.93. The van der Waals surface area contributed by atoms with Crippen LogP contribution in [0.25, 0.3) is 0 Å². The molecule has 5 heteroatoms. The summed E-state index contributed by atoms with van der Waals surface area (Å²) in [5, 5.41) is 12.1. The summed E-state index contributed by atoms with van der Waals surface area (Å²) in [6.07, 6.45) is 2.72. The van der Waals surface area contributed by atoms with E-state index in [0.29, 0.717) is 5.69 Å². The number of carbonyl (C=O) groups is 2. The Labute approximate surface area is 146 Å². The van der Waals surface area contributed by atoms with Crippen molar-refractivity contribution < 1.29 is 19.4 Å². The molecular formula is C20H21NO4. The Morgan fingerprint density at radius 3 is 2.68 bits per heavy atom. The lowest BCUT2D eigenvalue weighted by atomic mass is 9.70. The number of methoxy groups -OCH3 is 1. The summed E-state index contributed by atoms with van der Waals surface area (Å²) in [5.74, 6) is -0.938. The molecular weight excluding hydrogens is 318 g/mol. The molecule has 0 bridgehead atoms. The molecule has 0 radical (unpaired) electrons. The van der Waals surface area contributed by atoms with Crippen LogP contribution in [0.15, 0.2) is 42.5 Å². The van der Waals surface area contributed by atoms with E-state index in [4.69, 9.17) is 9.84 Å². The molecule has 0 saturated heterocycles. The van der Waals surface area contributed by atoms with Gasteiger partial charge < -0.3 is 15.2 Å². The van der Waals surface area contributed by atoms with Crippen LogP contribution < -0.4 is 10.1 Å². The summed E-state index contributed by atoms with van der Waals surface area (Å²) in [7, 11) is 1.41. The number of benzene rings is 2. The van der Waals surface area contributed by atoms with Crippen molar-refractivity contribution in [3.63, 3.8) is 0 Å². The fraction of sp³-hybridized carbons (Fsp3) is 0.300. The van der Waals surface area contributed by atoms with Crippen LogP contribution in [0.4, 0.5) is 5.69 Å². The first-order valence-corrected chi connectivity index (χ1v) is 8.27. The highest BCUT2D eigenvalue weighted by molar-refractivity contribution is 6.00. The minimum absolute atomic E-state index is 0.0646. The van der Waals surface area contributed by atoms with Crippen LogP contribution >= 0.6 is 0 Å². The first-order valence-electron chi connectivity index (χ1n) is 8.27. The normalized spacial score (nSPS) is 19.0. The molecule has 1 unspecified atom stereocenters. The average Bonchev–Trinajstić information content (AvgIpc) is 2.61. The molecule has 2 aromatic rings. The maximum absolute atomic E-state index is 13.0. The maximum atomic E-state index is 13.0. The fourth-order valence-corrected chi connectivity index (χ4v) is 3.49. The highest BCUT2D eigenvalue weighted by Gasteiger charge is 2.38. The van der Waals surface area contributed by atoms with Gasteiger partial charge in [-0.3, -0.25) is 4.79 Å². The zero-order valence-corrected chi connectivity index (χ0v) is 14.3. The van der Waals surface area contributed by atoms with Gasteiger partial charge in [0.05, 0.1) is 12.5 Å². The standard InChI is InChI=1S/C20H21NO4/c1-20(11-5-7-13-6-3-4-8-16(13)20)19(24)21-14-9-10-15(18(22)23)17(12-14)25-2/h3-4,6,8-10,12H,5,7,11H2,1-2H3,(H,21,24)(H,22,23). The van der Waals surface area contributed by atoms with E-state index in [2.05, 4.69) is 11.4 Å². The number of hydrogen-bond acceptors (Lipinski definition) is 3. The SMILES string of the molecule is COc1cc(NC(=O)C2(C)CCCc3ccccc32)ccc1C(=O)O. The van der Waals surface area contributed by atoms with E-state index < -0.39 is 11.4 Å². The third-order valence-electron chi connectivity index (χ3n) is 4.93. The molecule has 2 aromatic carbocycles. The Kier molecular flexibility index (Phi) is 4.49. The second-order valence-corrected chi connectivity index (χ2v) is 6.52. The molecule has 25 heavy (non-hydrogen) atoms. The van der Waals surface area contributed by atoms with Gasteiger partial charge >= 0.3 is 5.97 Å². The van der Waals surface area contributed by atoms with E-state index in [-0.39, 0.29) is 17.2 Å². The summed E-state index contributed by atoms with van der Waals surface area (Å²) < 4.78 is 5.12. The molecule has 0 fully saturated rings. The summed E-state index contributed by atoms with van der Waals surface area (Å²) in [4.78, 5) is 24.2. The largest absolute Gasteiger partial charge is 0.496 e. The summed E-state index contributed by atoms with van der Waals surface area (Å²) in [6, 6.07) is 12.6. The molecule has 1 atom stereocenters. The third kappa shape index (κ3) is 3.09. The number of amides is 1. The Morgan fingerprint density at radius 1 is 1.20 bits per heavy atom. The molecule has 2 N–H and O–H groups in total. The van der Waals surface area contributed by atoms with E-state index in [1.165, 1.54) is 18.7 Å². The van der Waals surface area contributed by atoms with Gasteiger partial charge in [-0.2, -0.15) is 0 Å². The highest BCUT2D eigenvalue weighted by Crippen LogP contribution is 2.38. The van der Waals surface area contributed by atoms with Crippen LogP contribution in [0.2, 0.25) is 0 Å². The molecule has 1 aliphatic rings. The average molecular weight is 339 g/mol. The van der Waals surface area contributed by atoms with Gasteiger partial charge in [-0.1, -0.05) is 24.3 Å². The van der Waals surface area contributed by atoms with Gasteiger partial charge in [0.1, 0.15) is 11.3 Å². The number of fused-ring (bicyclic) bond motifs is 1. The molecule has 0 aromatic heterocycles. The monoisotopic (exact) mass is 339 g/mol. The molecule has 0 heterocycles. The molecule has 1 aliphatic carbocycles. The summed E-state index contributed by atoms with van der Waals surface area (Å²) in [6.45, 7) is 1.96. The highest BCUT2D eigenvalue weighted by atomic mass is 16.5. The van der Waals surface area contributed by atoms with Gasteiger partial charge in [0.15, 0.2) is 0 Å². The van der Waals surface area contributed by atoms with Crippen molar-refractivity contribution in [2.75, 3.05) is 12.4 Å². The van der Waals surface area contributed by atoms with E-state index in [9.17, 15) is 9.59 Å². The zero-order chi connectivity index (χ0) is 18.0. The number of carbonyl (C=O) groups excluding carboxylic acids is 1. The summed E-state index contributed by atoms with van der Waals surface area (Å²) in [5.41, 5.74) is 2.26. The van der Waals surface area contributed by atoms with Crippen LogP contribution in [0, 0.1) is 0 Å². The van der Waals surface area contributed by atoms with Gasteiger partial charge in [0.25, 0.3) is 0 Å². The zero-order valence-electron chi connectivity index (χ0n) is 14.3. The van der Waals surface area contributed by atoms with E-state index in [0.717, 1.165) is 24.8 Å². The molecule has 0 saturated carbocycles. The smallest absolute Gasteiger partial charge is 0.339 e. The lowest BCUT2D eigenvalue weighted by Crippen LogP contribution is -2.40. The van der Waals surface area contributed by atoms with Gasteiger partial charge in [-0.15, -0.1) is 0 Å². The second-order valence-electron chi connectivity index (χ2n) is 6.52. The minimum atomic E-state index is -1.07. The molecule has 0 aliphatic heterocycles. The fourth-order valence-electron chi connectivity index (χ4n) is 3.49. The lowest BCUT2D eigenvalue weighted by Gasteiger charge is -2.34. The van der Waals surface area contributed by atoms with Crippen LogP contribution in [0.3, 0.4) is 0 Å². The van der Waals surface area contributed by atoms with Gasteiger partial charge in [0, 0.05) is 11.8 Å². The number of ether oxygens (including phenoxy) is 1. The van der Waals surface area contributed by atoms with Crippen LogP contribution in [0.1, 0.15) is 41.3 Å². The van der Waals surface area contributed by atoms with Crippen molar-refractivity contribution in [3.05, 3.63) is 59.2 Å². The number of aryl methyl sites for hydroxylation is 1. The van der Waals surface area contributed by atoms with E-state index >= 15 is 0 Å². The Balaban J connectivity index is 1.89. The van der Waals surface area contributed by atoms with Crippen molar-refractivity contribution in [2.24, 2.45) is 0 Å². The van der Waals surface area contributed by atoms with Gasteiger partial charge in [-0.05, 0) is 49.4 Å². The van der Waals surface area contributed by atoms with E-state index in [1.807, 2.05) is 25.1 Å². The molecule has 3 rings (SSSR count). The van der Waals surface area contributed by atoms with Crippen LogP contribution in [-0.2, 0) is 16.6 Å². The molecule has 5 nitrogen and oxygen atoms in total. The maximum Gasteiger partial charge on any atom is 0.339 e. The molecule has 130 valence electrons. The molecule has 0 spiro atoms. The predicted octanol–water partition coefficient (Wildman–Crippen LogP) is 3.63. The van der Waals surface area contributed by atoms with Crippen LogP contribution in [0.5, 0.6) is 5.75 Å². The number of hydrogen-bond donors (Lipinski definition) is 2. The quantitative estimate of drug-likeness (QED) is 0.892. The number of nitrogens with one attached hydrogen (secondary N) is 1. The first kappa shape index (κ1) is 17.0. The minimum Gasteiger partial charge on any atom is -0.496 e. The predicted molar refractivity (Wildman–Crippen MR) is 95.3 cm³/mol. The second kappa shape index (κ2) is 6.59. The van der Waals surface area contributed by atoms with E-state index in [1.54, 1.807) is 12.1 Å². The van der Waals surface area contributed by atoms with Crippen molar-refractivity contribution in [1.82, 2.24) is 0 Å². The number of rotatable bonds is 4. The lowest BCUT2D eigenvalue weighted by molar-refractivity contribution is -0.121. The number of carboxylic acids is 1. The number of aromatic carboxylic acids is 1. The van der Waals surface area contributed by atoms with Crippen molar-refractivity contribution in [3.8, 4) is 5.75 Å². The van der Waals surface area contributed by atoms with Crippen molar-refractivity contribution >= 4 is 17.6 Å². The molecule has 1 amide bonds. The van der Waals surface area contributed by atoms with Gasteiger partial charge in [0.2, 0.25) is 5.91 Å². The van der Waals surface area contributed by atoms with Crippen molar-refractivity contribution in [2.45, 2.75) is 31.6 Å².